The van der Waals surface area contributed by atoms with Crippen LogP contribution in [0.25, 0.3) is 11.5 Å². The number of hydrogen-bond acceptors (Lipinski definition) is 19. The number of amidine groups is 1. The highest BCUT2D eigenvalue weighted by molar-refractivity contribution is 7.93. The average molecular weight is 823 g/mol. The third kappa shape index (κ3) is 9.07. The lowest BCUT2D eigenvalue weighted by molar-refractivity contribution is 0.218. The molecule has 7 rings (SSSR count). The Hall–Kier alpha value is -5.63. The van der Waals surface area contributed by atoms with Crippen LogP contribution in [-0.4, -0.2) is 101 Å². The van der Waals surface area contributed by atoms with Crippen LogP contribution in [0.5, 0.6) is 0 Å². The van der Waals surface area contributed by atoms with E-state index in [9.17, 15) is 27.2 Å². The van der Waals surface area contributed by atoms with E-state index in [2.05, 4.69) is 60.1 Å². The van der Waals surface area contributed by atoms with Gasteiger partial charge in [0.2, 0.25) is 17.5 Å². The van der Waals surface area contributed by atoms with E-state index >= 15 is 0 Å². The van der Waals surface area contributed by atoms with Crippen molar-refractivity contribution in [1.29, 1.82) is 0 Å². The number of hydroxylamine groups is 1. The molecule has 0 spiro atoms. The van der Waals surface area contributed by atoms with Crippen LogP contribution >= 0.6 is 0 Å². The van der Waals surface area contributed by atoms with Crippen molar-refractivity contribution in [2.24, 2.45) is 14.0 Å². The summed E-state index contributed by atoms with van der Waals surface area (Å²) in [5.41, 5.74) is 5.63. The Bertz CT molecular complexity index is 2540. The molecule has 4 atom stereocenters. The highest BCUT2D eigenvalue weighted by Gasteiger charge is 2.34. The SMILES string of the molecule is CON=S(C)(=O)CCNc1nonc1-c1noc(=O)n1C1Cc2ccc(F)cc21.CON=S(C)(=O)CCNc1nonc1C(=NC1Cc2ccc(F)cc21)NO. The van der Waals surface area contributed by atoms with E-state index in [0.717, 1.165) is 16.7 Å². The Labute approximate surface area is 317 Å². The summed E-state index contributed by atoms with van der Waals surface area (Å²) < 4.78 is 73.9. The predicted octanol–water partition coefficient (Wildman–Crippen LogP) is 2.54. The first-order valence-electron chi connectivity index (χ1n) is 16.5. The number of aromatic nitrogens is 6. The molecule has 0 fully saturated rings. The Kier molecular flexibility index (Phi) is 12.2. The lowest BCUT2D eigenvalue weighted by Crippen LogP contribution is -2.31. The number of benzene rings is 2. The van der Waals surface area contributed by atoms with Crippen molar-refractivity contribution in [3.05, 3.63) is 86.5 Å². The van der Waals surface area contributed by atoms with Gasteiger partial charge in [-0.25, -0.2) is 45.5 Å². The molecule has 4 N–H and O–H groups in total. The minimum Gasteiger partial charge on any atom is -0.364 e. The Balaban J connectivity index is 0.000000190. The first-order chi connectivity index (χ1) is 26.8. The van der Waals surface area contributed by atoms with Crippen molar-refractivity contribution >= 4 is 36.9 Å². The third-order valence-electron chi connectivity index (χ3n) is 8.52. The van der Waals surface area contributed by atoms with Gasteiger partial charge in [0, 0.05) is 25.6 Å². The molecule has 4 unspecified atom stereocenters. The molecule has 0 radical (unpaired) electrons. The van der Waals surface area contributed by atoms with Crippen LogP contribution in [0.2, 0.25) is 0 Å². The van der Waals surface area contributed by atoms with Gasteiger partial charge in [-0.05, 0) is 80.0 Å². The molecular formula is C31H36F2N12O9S2. The molecule has 0 saturated carbocycles. The molecule has 2 aromatic carbocycles. The molecule has 0 bridgehead atoms. The van der Waals surface area contributed by atoms with E-state index in [0.29, 0.717) is 18.4 Å². The number of rotatable bonds is 14. The monoisotopic (exact) mass is 822 g/mol. The molecular weight excluding hydrogens is 787 g/mol. The van der Waals surface area contributed by atoms with Crippen molar-refractivity contribution in [2.45, 2.75) is 24.9 Å². The zero-order chi connectivity index (χ0) is 40.0. The van der Waals surface area contributed by atoms with Gasteiger partial charge in [-0.2, -0.15) is 0 Å². The van der Waals surface area contributed by atoms with Crippen molar-refractivity contribution in [2.75, 3.05) is 62.0 Å². The minimum atomic E-state index is -2.53. The van der Waals surface area contributed by atoms with E-state index < -0.39 is 37.1 Å². The number of nitrogens with zero attached hydrogens (tertiary/aromatic N) is 9. The number of aliphatic imine (C=N–C) groups is 1. The third-order valence-corrected chi connectivity index (χ3v) is 11.4. The van der Waals surface area contributed by atoms with E-state index in [1.807, 2.05) is 5.48 Å². The predicted molar refractivity (Wildman–Crippen MR) is 195 cm³/mol. The molecule has 3 heterocycles. The summed E-state index contributed by atoms with van der Waals surface area (Å²) in [6.45, 7) is 0.475. The summed E-state index contributed by atoms with van der Waals surface area (Å²) in [6, 6.07) is 8.20. The minimum absolute atomic E-state index is 0.0254. The molecule has 25 heteroatoms. The maximum Gasteiger partial charge on any atom is 0.442 e. The normalized spacial score (nSPS) is 17.7. The standard InChI is InChI=1S/C16H17FN6O5S.C15H19FN6O4S/c1-26-22-29(2,25)6-5-18-14-13(19-28-20-14)15-21-27-16(24)23(15)12-7-9-3-4-10(17)8-11(9)12;1-25-22-27(2,24)6-5-17-14-13(20-26-21-14)15(19-23)18-12-7-9-3-4-10(16)8-11(9)12/h3-4,8,12H,5-7H2,1-2H3,(H,18,20);3-4,8,12,23H,5-7H2,1-2H3,(H,17,21)(H,18,19). The summed E-state index contributed by atoms with van der Waals surface area (Å²) >= 11 is 0. The van der Waals surface area contributed by atoms with E-state index in [-0.39, 0.29) is 71.1 Å². The number of hydrogen-bond donors (Lipinski definition) is 4. The highest BCUT2D eigenvalue weighted by atomic mass is 32.2. The zero-order valence-corrected chi connectivity index (χ0v) is 31.8. The van der Waals surface area contributed by atoms with Gasteiger partial charge < -0.3 is 10.6 Å². The molecule has 0 aliphatic heterocycles. The second-order valence-electron chi connectivity index (χ2n) is 12.5. The Morgan fingerprint density at radius 1 is 0.875 bits per heavy atom. The largest absolute Gasteiger partial charge is 0.442 e. The molecule has 0 amide bonds. The van der Waals surface area contributed by atoms with Gasteiger partial charge in [-0.3, -0.25) is 20.2 Å². The molecule has 3 aromatic heterocycles. The van der Waals surface area contributed by atoms with Gasteiger partial charge in [0.1, 0.15) is 11.6 Å². The summed E-state index contributed by atoms with van der Waals surface area (Å²) in [4.78, 5) is 25.8. The van der Waals surface area contributed by atoms with E-state index in [4.69, 9.17) is 13.8 Å². The molecule has 2 aliphatic carbocycles. The number of anilines is 2. The Morgan fingerprint density at radius 3 is 2.11 bits per heavy atom. The summed E-state index contributed by atoms with van der Waals surface area (Å²) in [5.74, 6) is -0.550. The lowest BCUT2D eigenvalue weighted by Gasteiger charge is -2.30. The van der Waals surface area contributed by atoms with E-state index in [1.54, 1.807) is 12.1 Å². The smallest absolute Gasteiger partial charge is 0.364 e. The quantitative estimate of drug-likeness (QED) is 0.0712. The van der Waals surface area contributed by atoms with Crippen LogP contribution in [0.15, 0.2) is 69.0 Å². The zero-order valence-electron chi connectivity index (χ0n) is 30.2. The maximum absolute atomic E-state index is 13.6. The molecule has 21 nitrogen and oxygen atoms in total. The fraction of sp³-hybridized carbons (Fsp3) is 0.387. The highest BCUT2D eigenvalue weighted by Crippen LogP contribution is 2.39. The van der Waals surface area contributed by atoms with Crippen LogP contribution in [0.4, 0.5) is 20.4 Å². The molecule has 5 aromatic rings. The second-order valence-corrected chi connectivity index (χ2v) is 17.4. The van der Waals surface area contributed by atoms with Crippen LogP contribution in [0.1, 0.15) is 40.0 Å². The summed E-state index contributed by atoms with van der Waals surface area (Å²) in [5, 5.41) is 34.1. The van der Waals surface area contributed by atoms with Gasteiger partial charge in [0.15, 0.2) is 17.2 Å². The average Bonchev–Trinajstić information content (AvgIpc) is 3.88. The first-order valence-corrected chi connectivity index (χ1v) is 20.7. The summed E-state index contributed by atoms with van der Waals surface area (Å²) in [6.07, 6.45) is 4.07. The second kappa shape index (κ2) is 17.0. The van der Waals surface area contributed by atoms with Gasteiger partial charge in [-0.15, -0.1) is 0 Å². The number of fused-ring (bicyclic) bond motifs is 2. The molecule has 56 heavy (non-hydrogen) atoms. The van der Waals surface area contributed by atoms with Crippen molar-refractivity contribution < 1.29 is 45.9 Å². The molecule has 2 aliphatic rings. The van der Waals surface area contributed by atoms with Crippen LogP contribution in [-0.2, 0) is 42.0 Å². The Morgan fingerprint density at radius 2 is 1.46 bits per heavy atom. The topological polar surface area (TPSA) is 272 Å². The molecule has 0 saturated heterocycles. The fourth-order valence-corrected chi connectivity index (χ4v) is 7.59. The van der Waals surface area contributed by atoms with Gasteiger partial charge >= 0.3 is 5.76 Å². The fourth-order valence-electron chi connectivity index (χ4n) is 5.85. The number of halogens is 2. The van der Waals surface area contributed by atoms with Crippen molar-refractivity contribution in [1.82, 2.24) is 35.8 Å². The van der Waals surface area contributed by atoms with Gasteiger partial charge in [0.05, 0.1) is 57.3 Å². The van der Waals surface area contributed by atoms with Gasteiger partial charge in [-0.1, -0.05) is 26.3 Å². The van der Waals surface area contributed by atoms with Crippen LogP contribution in [0, 0.1) is 11.6 Å². The van der Waals surface area contributed by atoms with Crippen molar-refractivity contribution in [3.8, 4) is 11.5 Å². The first kappa shape index (κ1) is 40.0. The van der Waals surface area contributed by atoms with Crippen LogP contribution < -0.4 is 21.9 Å². The van der Waals surface area contributed by atoms with Gasteiger partial charge in [0.25, 0.3) is 0 Å². The molecule has 300 valence electrons. The van der Waals surface area contributed by atoms with E-state index in [1.165, 1.54) is 55.6 Å². The van der Waals surface area contributed by atoms with Crippen molar-refractivity contribution in [3.63, 3.8) is 0 Å². The lowest BCUT2D eigenvalue weighted by atomic mass is 9.83. The maximum atomic E-state index is 13.6. The summed E-state index contributed by atoms with van der Waals surface area (Å²) in [7, 11) is -2.37. The number of nitrogens with one attached hydrogen (secondary N) is 3. The van der Waals surface area contributed by atoms with Crippen LogP contribution in [0.3, 0.4) is 0 Å².